The lowest BCUT2D eigenvalue weighted by Crippen LogP contribution is -1.92. The summed E-state index contributed by atoms with van der Waals surface area (Å²) in [7, 11) is 3.20. The van der Waals surface area contributed by atoms with Crippen molar-refractivity contribution in [3.8, 4) is 22.9 Å². The lowest BCUT2D eigenvalue weighted by atomic mass is 10.1. The summed E-state index contributed by atoms with van der Waals surface area (Å²) >= 11 is 0. The van der Waals surface area contributed by atoms with Crippen LogP contribution >= 0.6 is 0 Å². The molecule has 112 valence electrons. The van der Waals surface area contributed by atoms with Crippen LogP contribution in [0.5, 0.6) is 11.5 Å². The molecule has 0 amide bonds. The molecule has 1 heterocycles. The van der Waals surface area contributed by atoms with Crippen LogP contribution in [0.25, 0.3) is 11.4 Å². The molecule has 0 aliphatic rings. The minimum Gasteiger partial charge on any atom is -0.493 e. The van der Waals surface area contributed by atoms with E-state index >= 15 is 0 Å². The fraction of sp³-hybridized carbons (Fsp3) is 0.176. The molecule has 2 aromatic carbocycles. The second kappa shape index (κ2) is 6.30. The van der Waals surface area contributed by atoms with Gasteiger partial charge in [-0.25, -0.2) is 0 Å². The smallest absolute Gasteiger partial charge is 0.231 e. The Balaban J connectivity index is 1.84. The van der Waals surface area contributed by atoms with Crippen LogP contribution in [0.1, 0.15) is 11.5 Å². The molecular formula is C17H16N2O3. The van der Waals surface area contributed by atoms with Gasteiger partial charge in [-0.3, -0.25) is 0 Å². The topological polar surface area (TPSA) is 57.4 Å². The van der Waals surface area contributed by atoms with E-state index in [1.54, 1.807) is 14.2 Å². The Hall–Kier alpha value is -2.82. The van der Waals surface area contributed by atoms with E-state index in [0.29, 0.717) is 29.6 Å². The second-order valence-electron chi connectivity index (χ2n) is 4.74. The minimum atomic E-state index is 0.534. The predicted molar refractivity (Wildman–Crippen MR) is 82.1 cm³/mol. The van der Waals surface area contributed by atoms with Gasteiger partial charge in [-0.05, 0) is 23.8 Å². The molecule has 5 nitrogen and oxygen atoms in total. The molecule has 22 heavy (non-hydrogen) atoms. The van der Waals surface area contributed by atoms with Gasteiger partial charge in [0.1, 0.15) is 0 Å². The van der Waals surface area contributed by atoms with Gasteiger partial charge < -0.3 is 14.0 Å². The van der Waals surface area contributed by atoms with Crippen LogP contribution in [-0.4, -0.2) is 24.4 Å². The van der Waals surface area contributed by atoms with E-state index in [-0.39, 0.29) is 0 Å². The molecule has 0 saturated carbocycles. The first kappa shape index (κ1) is 14.1. The highest BCUT2D eigenvalue weighted by atomic mass is 16.5. The Labute approximate surface area is 128 Å². The van der Waals surface area contributed by atoms with Crippen LogP contribution in [-0.2, 0) is 6.42 Å². The van der Waals surface area contributed by atoms with Gasteiger partial charge in [0, 0.05) is 5.56 Å². The summed E-state index contributed by atoms with van der Waals surface area (Å²) in [6, 6.07) is 15.5. The molecule has 1 aromatic heterocycles. The Morgan fingerprint density at radius 2 is 1.73 bits per heavy atom. The van der Waals surface area contributed by atoms with Crippen molar-refractivity contribution in [3.63, 3.8) is 0 Å². The van der Waals surface area contributed by atoms with Gasteiger partial charge in [0.05, 0.1) is 20.6 Å². The monoisotopic (exact) mass is 296 g/mol. The highest BCUT2D eigenvalue weighted by molar-refractivity contribution is 5.60. The number of nitrogens with zero attached hydrogens (tertiary/aromatic N) is 2. The van der Waals surface area contributed by atoms with Crippen LogP contribution in [0.15, 0.2) is 53.1 Å². The normalized spacial score (nSPS) is 10.5. The van der Waals surface area contributed by atoms with Crippen LogP contribution in [0.2, 0.25) is 0 Å². The van der Waals surface area contributed by atoms with E-state index in [4.69, 9.17) is 14.0 Å². The summed E-state index contributed by atoms with van der Waals surface area (Å²) in [5.41, 5.74) is 1.95. The number of methoxy groups -OCH3 is 2. The summed E-state index contributed by atoms with van der Waals surface area (Å²) in [5.74, 6) is 2.41. The van der Waals surface area contributed by atoms with Crippen molar-refractivity contribution in [2.75, 3.05) is 14.2 Å². The predicted octanol–water partition coefficient (Wildman–Crippen LogP) is 3.34. The van der Waals surface area contributed by atoms with E-state index in [1.165, 1.54) is 0 Å². The maximum atomic E-state index is 5.32. The zero-order valence-electron chi connectivity index (χ0n) is 12.4. The molecule has 0 spiro atoms. The van der Waals surface area contributed by atoms with E-state index in [0.717, 1.165) is 11.1 Å². The number of aromatic nitrogens is 2. The van der Waals surface area contributed by atoms with Crippen LogP contribution in [0.4, 0.5) is 0 Å². The summed E-state index contributed by atoms with van der Waals surface area (Å²) in [6.07, 6.45) is 0.612. The van der Waals surface area contributed by atoms with Gasteiger partial charge in [0.15, 0.2) is 11.5 Å². The molecule has 0 aliphatic carbocycles. The van der Waals surface area contributed by atoms with Crippen LogP contribution in [0.3, 0.4) is 0 Å². The third-order valence-electron chi connectivity index (χ3n) is 3.31. The Kier molecular flexibility index (Phi) is 4.05. The molecule has 0 unspecified atom stereocenters. The summed E-state index contributed by atoms with van der Waals surface area (Å²) < 4.78 is 15.8. The summed E-state index contributed by atoms with van der Waals surface area (Å²) in [4.78, 5) is 4.43. The van der Waals surface area contributed by atoms with Crippen molar-refractivity contribution < 1.29 is 14.0 Å². The molecule has 0 aliphatic heterocycles. The largest absolute Gasteiger partial charge is 0.493 e. The van der Waals surface area contributed by atoms with Gasteiger partial charge >= 0.3 is 0 Å². The quantitative estimate of drug-likeness (QED) is 0.722. The number of ether oxygens (including phenoxy) is 2. The Morgan fingerprint density at radius 1 is 0.955 bits per heavy atom. The van der Waals surface area contributed by atoms with Crippen molar-refractivity contribution in [3.05, 3.63) is 60.0 Å². The van der Waals surface area contributed by atoms with Crippen molar-refractivity contribution in [2.45, 2.75) is 6.42 Å². The number of benzene rings is 2. The molecular weight excluding hydrogens is 280 g/mol. The molecule has 3 rings (SSSR count). The summed E-state index contributed by atoms with van der Waals surface area (Å²) in [6.45, 7) is 0. The first-order valence-corrected chi connectivity index (χ1v) is 6.89. The third kappa shape index (κ3) is 2.93. The molecule has 0 radical (unpaired) electrons. The number of hydrogen-bond acceptors (Lipinski definition) is 5. The Morgan fingerprint density at radius 3 is 2.45 bits per heavy atom. The van der Waals surface area contributed by atoms with Crippen molar-refractivity contribution in [1.82, 2.24) is 10.1 Å². The van der Waals surface area contributed by atoms with Crippen LogP contribution in [0, 0.1) is 0 Å². The van der Waals surface area contributed by atoms with Crippen molar-refractivity contribution in [2.24, 2.45) is 0 Å². The lowest BCUT2D eigenvalue weighted by Gasteiger charge is -2.07. The average Bonchev–Trinajstić information content (AvgIpc) is 3.03. The van der Waals surface area contributed by atoms with Gasteiger partial charge in [-0.15, -0.1) is 0 Å². The van der Waals surface area contributed by atoms with Gasteiger partial charge in [0.25, 0.3) is 0 Å². The molecule has 0 fully saturated rings. The second-order valence-corrected chi connectivity index (χ2v) is 4.74. The first-order valence-electron chi connectivity index (χ1n) is 6.89. The average molecular weight is 296 g/mol. The van der Waals surface area contributed by atoms with E-state index < -0.39 is 0 Å². The highest BCUT2D eigenvalue weighted by Crippen LogP contribution is 2.31. The van der Waals surface area contributed by atoms with E-state index in [1.807, 2.05) is 48.5 Å². The number of rotatable bonds is 5. The fourth-order valence-corrected chi connectivity index (χ4v) is 2.19. The summed E-state index contributed by atoms with van der Waals surface area (Å²) in [5, 5.41) is 4.03. The van der Waals surface area contributed by atoms with Gasteiger partial charge in [-0.1, -0.05) is 35.5 Å². The van der Waals surface area contributed by atoms with Crippen LogP contribution < -0.4 is 9.47 Å². The van der Waals surface area contributed by atoms with Crippen molar-refractivity contribution in [1.29, 1.82) is 0 Å². The van der Waals surface area contributed by atoms with Gasteiger partial charge in [0.2, 0.25) is 11.7 Å². The minimum absolute atomic E-state index is 0.534. The molecule has 0 bridgehead atoms. The van der Waals surface area contributed by atoms with E-state index in [9.17, 15) is 0 Å². The molecule has 0 saturated heterocycles. The first-order chi connectivity index (χ1) is 10.8. The molecule has 0 atom stereocenters. The molecule has 5 heteroatoms. The van der Waals surface area contributed by atoms with Gasteiger partial charge in [-0.2, -0.15) is 4.98 Å². The Bertz CT molecular complexity index is 754. The zero-order chi connectivity index (χ0) is 15.4. The molecule has 0 N–H and O–H groups in total. The standard InChI is InChI=1S/C17H16N2O3/c1-20-14-9-8-13(11-15(14)21-2)17-18-16(22-19-17)10-12-6-4-3-5-7-12/h3-9,11H,10H2,1-2H3. The lowest BCUT2D eigenvalue weighted by molar-refractivity contribution is 0.355. The van der Waals surface area contributed by atoms with Crippen molar-refractivity contribution >= 4 is 0 Å². The highest BCUT2D eigenvalue weighted by Gasteiger charge is 2.12. The zero-order valence-corrected chi connectivity index (χ0v) is 12.4. The third-order valence-corrected chi connectivity index (χ3v) is 3.31. The number of hydrogen-bond donors (Lipinski definition) is 0. The maximum absolute atomic E-state index is 5.32. The maximum Gasteiger partial charge on any atom is 0.231 e. The SMILES string of the molecule is COc1ccc(-c2noc(Cc3ccccc3)n2)cc1OC. The fourth-order valence-electron chi connectivity index (χ4n) is 2.19. The van der Waals surface area contributed by atoms with E-state index in [2.05, 4.69) is 10.1 Å². The molecule has 3 aromatic rings.